The van der Waals surface area contributed by atoms with Gasteiger partial charge in [0.15, 0.2) is 8.32 Å². The van der Waals surface area contributed by atoms with E-state index in [1.165, 1.54) is 10.9 Å². The normalized spacial score (nSPS) is 18.8. The van der Waals surface area contributed by atoms with Crippen molar-refractivity contribution in [2.24, 2.45) is 0 Å². The number of nitro groups is 1. The molecule has 20 heavy (non-hydrogen) atoms. The molecule has 1 atom stereocenters. The van der Waals surface area contributed by atoms with Gasteiger partial charge in [-0.25, -0.2) is 10.4 Å². The summed E-state index contributed by atoms with van der Waals surface area (Å²) >= 11 is 0. The molecule has 1 N–H and O–H groups in total. The number of nitrogens with one attached hydrogen (secondary N) is 1. The number of fused-ring (bicyclic) bond motifs is 1. The van der Waals surface area contributed by atoms with Crippen molar-refractivity contribution in [3.8, 4) is 0 Å². The fourth-order valence-corrected chi connectivity index (χ4v) is 2.91. The fourth-order valence-electron chi connectivity index (χ4n) is 1.86. The smallest absolute Gasteiger partial charge is 0.366 e. The molecule has 1 aliphatic heterocycles. The van der Waals surface area contributed by atoms with Crippen molar-refractivity contribution in [3.05, 3.63) is 22.1 Å². The first-order valence-electron chi connectivity index (χ1n) is 6.73. The molecule has 0 aromatic carbocycles. The minimum atomic E-state index is -1.79. The highest BCUT2D eigenvalue weighted by Gasteiger charge is 2.39. The van der Waals surface area contributed by atoms with Gasteiger partial charge in [-0.3, -0.25) is 0 Å². The Hall–Kier alpha value is -1.41. The maximum atomic E-state index is 10.9. The number of rotatable bonds is 4. The van der Waals surface area contributed by atoms with Crippen LogP contribution >= 0.6 is 0 Å². The van der Waals surface area contributed by atoms with Crippen LogP contribution in [-0.4, -0.2) is 35.5 Å². The lowest BCUT2D eigenvalue weighted by atomic mass is 10.2. The summed E-state index contributed by atoms with van der Waals surface area (Å²) in [6.45, 7) is 11.5. The lowest BCUT2D eigenvalue weighted by Gasteiger charge is -2.36. The van der Waals surface area contributed by atoms with Gasteiger partial charge in [0.1, 0.15) is 6.20 Å². The Balaban J connectivity index is 1.97. The van der Waals surface area contributed by atoms with E-state index in [2.05, 4.69) is 44.3 Å². The molecular weight excluding hydrogens is 276 g/mol. The van der Waals surface area contributed by atoms with Gasteiger partial charge in [-0.2, -0.15) is 0 Å². The molecule has 0 fully saturated rings. The number of imidazole rings is 1. The molecule has 0 saturated carbocycles. The summed E-state index contributed by atoms with van der Waals surface area (Å²) in [5.74, 6) is 0.676. The SMILES string of the molecule is CC(C)(C)[Si](C)(C)OCC1Cc2ncc([N+](=O)[O-])n2N1. The molecule has 0 radical (unpaired) electrons. The Morgan fingerprint density at radius 2 is 2.25 bits per heavy atom. The van der Waals surface area contributed by atoms with Gasteiger partial charge in [-0.05, 0) is 23.1 Å². The predicted octanol–water partition coefficient (Wildman–Crippen LogP) is 2.28. The van der Waals surface area contributed by atoms with Gasteiger partial charge < -0.3 is 14.5 Å². The zero-order valence-corrected chi connectivity index (χ0v) is 13.6. The van der Waals surface area contributed by atoms with Crippen molar-refractivity contribution in [2.45, 2.75) is 51.4 Å². The summed E-state index contributed by atoms with van der Waals surface area (Å²) in [5, 5.41) is 11.0. The topological polar surface area (TPSA) is 82.2 Å². The first kappa shape index (κ1) is 15.0. The molecule has 8 heteroatoms. The van der Waals surface area contributed by atoms with Crippen LogP contribution in [0.3, 0.4) is 0 Å². The van der Waals surface area contributed by atoms with E-state index in [4.69, 9.17) is 4.43 Å². The van der Waals surface area contributed by atoms with Crippen LogP contribution in [0.25, 0.3) is 0 Å². The molecule has 0 spiro atoms. The zero-order chi connectivity index (χ0) is 15.1. The van der Waals surface area contributed by atoms with Crippen molar-refractivity contribution in [1.82, 2.24) is 9.66 Å². The molecule has 2 heterocycles. The van der Waals surface area contributed by atoms with E-state index in [9.17, 15) is 10.1 Å². The second kappa shape index (κ2) is 4.85. The molecule has 2 rings (SSSR count). The van der Waals surface area contributed by atoms with Crippen LogP contribution < -0.4 is 5.43 Å². The summed E-state index contributed by atoms with van der Waals surface area (Å²) in [4.78, 5) is 14.5. The van der Waals surface area contributed by atoms with Crippen LogP contribution in [0.15, 0.2) is 6.20 Å². The maximum Gasteiger partial charge on any atom is 0.366 e. The largest absolute Gasteiger partial charge is 0.415 e. The molecule has 0 saturated heterocycles. The molecule has 112 valence electrons. The van der Waals surface area contributed by atoms with Gasteiger partial charge in [-0.15, -0.1) is 4.68 Å². The maximum absolute atomic E-state index is 10.9. The van der Waals surface area contributed by atoms with E-state index in [0.29, 0.717) is 18.9 Å². The highest BCUT2D eigenvalue weighted by atomic mass is 28.4. The van der Waals surface area contributed by atoms with Crippen LogP contribution in [-0.2, 0) is 10.8 Å². The predicted molar refractivity (Wildman–Crippen MR) is 78.9 cm³/mol. The van der Waals surface area contributed by atoms with Gasteiger partial charge in [-0.1, -0.05) is 20.8 Å². The Kier molecular flexibility index (Phi) is 3.63. The monoisotopic (exact) mass is 298 g/mol. The zero-order valence-electron chi connectivity index (χ0n) is 12.6. The van der Waals surface area contributed by atoms with E-state index in [0.717, 1.165) is 0 Å². The molecular formula is C12H22N4O3Si. The lowest BCUT2D eigenvalue weighted by Crippen LogP contribution is -2.43. The molecule has 1 aliphatic rings. The molecule has 7 nitrogen and oxygen atoms in total. The number of aromatic nitrogens is 2. The number of nitrogens with zero attached hydrogens (tertiary/aromatic N) is 3. The Morgan fingerprint density at radius 3 is 2.80 bits per heavy atom. The number of hydrogen-bond donors (Lipinski definition) is 1. The van der Waals surface area contributed by atoms with Crippen LogP contribution in [0, 0.1) is 10.1 Å². The van der Waals surface area contributed by atoms with Crippen molar-refractivity contribution < 1.29 is 9.35 Å². The van der Waals surface area contributed by atoms with E-state index in [1.807, 2.05) is 0 Å². The van der Waals surface area contributed by atoms with Crippen LogP contribution in [0.5, 0.6) is 0 Å². The summed E-state index contributed by atoms with van der Waals surface area (Å²) in [5.41, 5.74) is 3.10. The highest BCUT2D eigenvalue weighted by Crippen LogP contribution is 2.36. The second-order valence-electron chi connectivity index (χ2n) is 6.73. The van der Waals surface area contributed by atoms with Crippen LogP contribution in [0.2, 0.25) is 18.1 Å². The molecule has 0 aliphatic carbocycles. The van der Waals surface area contributed by atoms with Crippen molar-refractivity contribution in [1.29, 1.82) is 0 Å². The first-order chi connectivity index (χ1) is 9.12. The molecule has 1 aromatic heterocycles. The fraction of sp³-hybridized carbons (Fsp3) is 0.750. The Labute approximate surface area is 119 Å². The van der Waals surface area contributed by atoms with E-state index in [1.54, 1.807) is 0 Å². The summed E-state index contributed by atoms with van der Waals surface area (Å²) in [6.07, 6.45) is 1.94. The first-order valence-corrected chi connectivity index (χ1v) is 9.64. The lowest BCUT2D eigenvalue weighted by molar-refractivity contribution is -0.391. The molecule has 1 unspecified atom stereocenters. The third kappa shape index (κ3) is 2.71. The Morgan fingerprint density at radius 1 is 1.60 bits per heavy atom. The standard InChI is InChI=1S/C12H22N4O3Si/c1-12(2,3)20(4,5)19-8-9-6-10-13-7-11(16(17)18)15(10)14-9/h7,9,14H,6,8H2,1-5H3. The number of hydrogen-bond acceptors (Lipinski definition) is 5. The quantitative estimate of drug-likeness (QED) is 0.524. The van der Waals surface area contributed by atoms with Gasteiger partial charge in [0.05, 0.1) is 19.1 Å². The van der Waals surface area contributed by atoms with Gasteiger partial charge in [0, 0.05) is 0 Å². The third-order valence-corrected chi connectivity index (χ3v) is 8.70. The summed E-state index contributed by atoms with van der Waals surface area (Å²) in [7, 11) is -1.79. The van der Waals surface area contributed by atoms with Gasteiger partial charge in [0.2, 0.25) is 5.82 Å². The average molecular weight is 298 g/mol. The molecule has 0 bridgehead atoms. The van der Waals surface area contributed by atoms with E-state index >= 15 is 0 Å². The average Bonchev–Trinajstić information content (AvgIpc) is 2.82. The van der Waals surface area contributed by atoms with Crippen molar-refractivity contribution >= 4 is 14.1 Å². The van der Waals surface area contributed by atoms with Gasteiger partial charge >= 0.3 is 5.82 Å². The van der Waals surface area contributed by atoms with E-state index < -0.39 is 13.2 Å². The second-order valence-corrected chi connectivity index (χ2v) is 11.5. The molecule has 0 amide bonds. The van der Waals surface area contributed by atoms with Crippen molar-refractivity contribution in [3.63, 3.8) is 0 Å². The minimum absolute atomic E-state index is 0.0187. The Bertz CT molecular complexity index is 521. The highest BCUT2D eigenvalue weighted by molar-refractivity contribution is 6.74. The minimum Gasteiger partial charge on any atom is -0.415 e. The van der Waals surface area contributed by atoms with Gasteiger partial charge in [0.25, 0.3) is 0 Å². The molecule has 1 aromatic rings. The van der Waals surface area contributed by atoms with E-state index in [-0.39, 0.29) is 16.9 Å². The summed E-state index contributed by atoms with van der Waals surface area (Å²) < 4.78 is 7.60. The van der Waals surface area contributed by atoms with Crippen LogP contribution in [0.1, 0.15) is 26.6 Å². The van der Waals surface area contributed by atoms with Crippen molar-refractivity contribution in [2.75, 3.05) is 12.0 Å². The third-order valence-electron chi connectivity index (χ3n) is 4.20. The van der Waals surface area contributed by atoms with Crippen LogP contribution in [0.4, 0.5) is 5.82 Å². The summed E-state index contributed by atoms with van der Waals surface area (Å²) in [6, 6.07) is 0.0477.